The first-order chi connectivity index (χ1) is 11.4. The second kappa shape index (κ2) is 6.87. The summed E-state index contributed by atoms with van der Waals surface area (Å²) in [5.41, 5.74) is 3.29. The van der Waals surface area contributed by atoms with Crippen LogP contribution in [0.3, 0.4) is 0 Å². The molecule has 1 N–H and O–H groups in total. The van der Waals surface area contributed by atoms with Crippen LogP contribution in [0.2, 0.25) is 0 Å². The monoisotopic (exact) mass is 328 g/mol. The number of hydrogen-bond acceptors (Lipinski definition) is 2. The lowest BCUT2D eigenvalue weighted by molar-refractivity contribution is -0.133. The Labute approximate surface area is 146 Å². The van der Waals surface area contributed by atoms with Crippen molar-refractivity contribution in [1.29, 1.82) is 0 Å². The summed E-state index contributed by atoms with van der Waals surface area (Å²) in [4.78, 5) is 14.6. The fourth-order valence-electron chi connectivity index (χ4n) is 4.03. The zero-order valence-electron chi connectivity index (χ0n) is 15.5. The molecule has 1 spiro atoms. The number of rotatable bonds is 3. The quantitative estimate of drug-likeness (QED) is 0.921. The summed E-state index contributed by atoms with van der Waals surface area (Å²) in [7, 11) is 0. The first-order valence-electron chi connectivity index (χ1n) is 9.46. The van der Waals surface area contributed by atoms with Crippen LogP contribution in [0, 0.1) is 5.41 Å². The number of carbonyl (C=O) groups excluding carboxylic acids is 1. The van der Waals surface area contributed by atoms with Gasteiger partial charge in [0.25, 0.3) is 0 Å². The number of aryl methyl sites for hydroxylation is 1. The van der Waals surface area contributed by atoms with Gasteiger partial charge in [0.1, 0.15) is 0 Å². The summed E-state index contributed by atoms with van der Waals surface area (Å²) in [6.07, 6.45) is 5.12. The van der Waals surface area contributed by atoms with Crippen molar-refractivity contribution in [2.45, 2.75) is 58.3 Å². The Morgan fingerprint density at radius 1 is 1.12 bits per heavy atom. The molecule has 2 aliphatic heterocycles. The van der Waals surface area contributed by atoms with Crippen LogP contribution in [0.5, 0.6) is 0 Å². The molecule has 0 unspecified atom stereocenters. The number of amides is 1. The highest BCUT2D eigenvalue weighted by Crippen LogP contribution is 2.37. The van der Waals surface area contributed by atoms with Crippen molar-refractivity contribution in [3.63, 3.8) is 0 Å². The predicted octanol–water partition coefficient (Wildman–Crippen LogP) is 3.52. The zero-order valence-corrected chi connectivity index (χ0v) is 15.5. The molecular weight excluding hydrogens is 296 g/mol. The molecule has 132 valence electrons. The summed E-state index contributed by atoms with van der Waals surface area (Å²) >= 11 is 0. The number of nitrogens with zero attached hydrogens (tertiary/aromatic N) is 1. The van der Waals surface area contributed by atoms with E-state index in [9.17, 15) is 4.79 Å². The van der Waals surface area contributed by atoms with Gasteiger partial charge in [0, 0.05) is 26.1 Å². The Balaban J connectivity index is 1.47. The smallest absolute Gasteiger partial charge is 0.222 e. The molecule has 0 radical (unpaired) electrons. The van der Waals surface area contributed by atoms with E-state index in [-0.39, 0.29) is 5.41 Å². The van der Waals surface area contributed by atoms with Gasteiger partial charge in [-0.25, -0.2) is 0 Å². The van der Waals surface area contributed by atoms with Crippen molar-refractivity contribution in [3.05, 3.63) is 35.4 Å². The van der Waals surface area contributed by atoms with Crippen LogP contribution < -0.4 is 5.32 Å². The van der Waals surface area contributed by atoms with Crippen molar-refractivity contribution in [2.75, 3.05) is 26.2 Å². The molecule has 0 bridgehead atoms. The van der Waals surface area contributed by atoms with Crippen LogP contribution in [0.15, 0.2) is 24.3 Å². The van der Waals surface area contributed by atoms with Crippen LogP contribution in [0.4, 0.5) is 0 Å². The third-order valence-electron chi connectivity index (χ3n) is 5.96. The molecule has 2 heterocycles. The van der Waals surface area contributed by atoms with Gasteiger partial charge in [-0.3, -0.25) is 4.79 Å². The third kappa shape index (κ3) is 4.00. The number of benzene rings is 1. The standard InChI is InChI=1S/C21H32N2O/c1-20(2,3)18-7-4-17(5-8-18)6-9-19(24)23-14-11-21(12-15-23)10-13-22-16-21/h4-5,7-8,22H,6,9-16H2,1-3H3. The highest BCUT2D eigenvalue weighted by Gasteiger charge is 2.37. The molecule has 3 nitrogen and oxygen atoms in total. The minimum absolute atomic E-state index is 0.188. The van der Waals surface area contributed by atoms with E-state index in [1.165, 1.54) is 30.4 Å². The fraction of sp³-hybridized carbons (Fsp3) is 0.667. The van der Waals surface area contributed by atoms with Gasteiger partial charge < -0.3 is 10.2 Å². The lowest BCUT2D eigenvalue weighted by Crippen LogP contribution is -2.44. The van der Waals surface area contributed by atoms with E-state index in [1.54, 1.807) is 0 Å². The van der Waals surface area contributed by atoms with Gasteiger partial charge in [0.15, 0.2) is 0 Å². The zero-order chi connectivity index (χ0) is 17.2. The van der Waals surface area contributed by atoms with Crippen molar-refractivity contribution >= 4 is 5.91 Å². The van der Waals surface area contributed by atoms with E-state index < -0.39 is 0 Å². The molecular formula is C21H32N2O. The Morgan fingerprint density at radius 3 is 2.33 bits per heavy atom. The summed E-state index contributed by atoms with van der Waals surface area (Å²) in [5, 5.41) is 3.49. The molecule has 0 atom stereocenters. The molecule has 2 saturated heterocycles. The molecule has 1 amide bonds. The van der Waals surface area contributed by atoms with Gasteiger partial charge in [-0.1, -0.05) is 45.0 Å². The van der Waals surface area contributed by atoms with Crippen LogP contribution in [-0.4, -0.2) is 37.0 Å². The maximum absolute atomic E-state index is 12.5. The molecule has 0 aromatic heterocycles. The maximum atomic E-state index is 12.5. The largest absolute Gasteiger partial charge is 0.343 e. The van der Waals surface area contributed by atoms with E-state index >= 15 is 0 Å². The lowest BCUT2D eigenvalue weighted by Gasteiger charge is -2.39. The van der Waals surface area contributed by atoms with Gasteiger partial charge >= 0.3 is 0 Å². The molecule has 2 fully saturated rings. The van der Waals surface area contributed by atoms with Crippen molar-refractivity contribution in [2.24, 2.45) is 5.41 Å². The fourth-order valence-corrected chi connectivity index (χ4v) is 4.03. The number of hydrogen-bond donors (Lipinski definition) is 1. The Morgan fingerprint density at radius 2 is 1.79 bits per heavy atom. The number of likely N-dealkylation sites (tertiary alicyclic amines) is 1. The molecule has 0 aliphatic carbocycles. The Hall–Kier alpha value is -1.35. The summed E-state index contributed by atoms with van der Waals surface area (Å²) in [5.74, 6) is 0.329. The second-order valence-electron chi connectivity index (χ2n) is 8.75. The third-order valence-corrected chi connectivity index (χ3v) is 5.96. The minimum Gasteiger partial charge on any atom is -0.343 e. The van der Waals surface area contributed by atoms with Crippen LogP contribution in [-0.2, 0) is 16.6 Å². The van der Waals surface area contributed by atoms with Crippen molar-refractivity contribution < 1.29 is 4.79 Å². The molecule has 3 rings (SSSR count). The predicted molar refractivity (Wildman–Crippen MR) is 99.2 cm³/mol. The molecule has 0 saturated carbocycles. The molecule has 1 aromatic carbocycles. The van der Waals surface area contributed by atoms with Gasteiger partial charge in [-0.05, 0) is 54.2 Å². The average molecular weight is 328 g/mol. The molecule has 3 heteroatoms. The number of carbonyl (C=O) groups is 1. The van der Waals surface area contributed by atoms with Gasteiger partial charge in [-0.15, -0.1) is 0 Å². The highest BCUT2D eigenvalue weighted by molar-refractivity contribution is 5.76. The Kier molecular flexibility index (Phi) is 5.00. The van der Waals surface area contributed by atoms with E-state index in [4.69, 9.17) is 0 Å². The SMILES string of the molecule is CC(C)(C)c1ccc(CCC(=O)N2CCC3(CCNC3)CC2)cc1. The normalized spacial score (nSPS) is 20.5. The van der Waals surface area contributed by atoms with Crippen molar-refractivity contribution in [1.82, 2.24) is 10.2 Å². The highest BCUT2D eigenvalue weighted by atomic mass is 16.2. The first kappa shape index (κ1) is 17.5. The number of nitrogens with one attached hydrogen (secondary N) is 1. The van der Waals surface area contributed by atoms with Gasteiger partial charge in [0.2, 0.25) is 5.91 Å². The van der Waals surface area contributed by atoms with Gasteiger partial charge in [-0.2, -0.15) is 0 Å². The summed E-state index contributed by atoms with van der Waals surface area (Å²) in [6.45, 7) is 10.9. The minimum atomic E-state index is 0.188. The average Bonchev–Trinajstić information content (AvgIpc) is 3.01. The second-order valence-corrected chi connectivity index (χ2v) is 8.75. The Bertz CT molecular complexity index is 554. The molecule has 1 aromatic rings. The van der Waals surface area contributed by atoms with Crippen LogP contribution >= 0.6 is 0 Å². The maximum Gasteiger partial charge on any atom is 0.222 e. The number of piperidine rings is 1. The van der Waals surface area contributed by atoms with E-state index in [0.717, 1.165) is 32.6 Å². The first-order valence-corrected chi connectivity index (χ1v) is 9.46. The molecule has 2 aliphatic rings. The van der Waals surface area contributed by atoms with Crippen LogP contribution in [0.1, 0.15) is 57.6 Å². The summed E-state index contributed by atoms with van der Waals surface area (Å²) < 4.78 is 0. The molecule has 24 heavy (non-hydrogen) atoms. The van der Waals surface area contributed by atoms with E-state index in [2.05, 4.69) is 55.3 Å². The van der Waals surface area contributed by atoms with E-state index in [0.29, 0.717) is 17.7 Å². The van der Waals surface area contributed by atoms with Crippen LogP contribution in [0.25, 0.3) is 0 Å². The topological polar surface area (TPSA) is 32.3 Å². The van der Waals surface area contributed by atoms with Gasteiger partial charge in [0.05, 0.1) is 0 Å². The van der Waals surface area contributed by atoms with Crippen molar-refractivity contribution in [3.8, 4) is 0 Å². The van der Waals surface area contributed by atoms with E-state index in [1.807, 2.05) is 0 Å². The summed E-state index contributed by atoms with van der Waals surface area (Å²) in [6, 6.07) is 8.78. The lowest BCUT2D eigenvalue weighted by atomic mass is 9.78.